The molecular weight excluding hydrogens is 720 g/mol. The highest BCUT2D eigenvalue weighted by Gasteiger charge is 2.40. The lowest BCUT2D eigenvalue weighted by Gasteiger charge is -2.28. The molecule has 4 nitrogen and oxygen atoms in total. The molecule has 0 bridgehead atoms. The molecule has 0 spiro atoms. The highest BCUT2D eigenvalue weighted by Crippen LogP contribution is 2.62. The third kappa shape index (κ3) is 5.90. The Kier molecular flexibility index (Phi) is 8.21. The zero-order valence-corrected chi connectivity index (χ0v) is 32.5. The lowest BCUT2D eigenvalue weighted by molar-refractivity contribution is 0.295. The second-order valence-corrected chi connectivity index (χ2v) is 17.1. The van der Waals surface area contributed by atoms with Crippen LogP contribution in [0.15, 0.2) is 146 Å². The number of rotatable bonds is 4. The van der Waals surface area contributed by atoms with Crippen LogP contribution < -0.4 is 9.05 Å². The third-order valence-corrected chi connectivity index (χ3v) is 13.3. The zero-order valence-electron chi connectivity index (χ0n) is 31.6. The van der Waals surface area contributed by atoms with Crippen molar-refractivity contribution in [2.75, 3.05) is 0 Å². The molecule has 0 saturated heterocycles. The van der Waals surface area contributed by atoms with Gasteiger partial charge in [-0.2, -0.15) is 0 Å². The highest BCUT2D eigenvalue weighted by atomic mass is 31.2. The average Bonchev–Trinajstić information content (AvgIpc) is 3.39. The number of phosphoric ester groups is 1. The van der Waals surface area contributed by atoms with Gasteiger partial charge in [0, 0.05) is 22.3 Å². The number of fused-ring (bicyclic) bond motifs is 9. The molecule has 1 heterocycles. The molecule has 2 aliphatic carbocycles. The molecule has 1 N–H and O–H groups in total. The highest BCUT2D eigenvalue weighted by molar-refractivity contribution is 7.48. The zero-order chi connectivity index (χ0) is 38.1. The van der Waals surface area contributed by atoms with Gasteiger partial charge in [-0.1, -0.05) is 121 Å². The maximum Gasteiger partial charge on any atom is 0.584 e. The van der Waals surface area contributed by atoms with E-state index in [0.29, 0.717) is 11.5 Å². The molecule has 0 saturated carbocycles. The quantitative estimate of drug-likeness (QED) is 0.182. The molecule has 278 valence electrons. The summed E-state index contributed by atoms with van der Waals surface area (Å²) in [6.45, 7) is 0. The van der Waals surface area contributed by atoms with E-state index in [4.69, 9.17) is 9.05 Å². The first-order chi connectivity index (χ1) is 28.0. The van der Waals surface area contributed by atoms with Gasteiger partial charge in [0.2, 0.25) is 0 Å². The van der Waals surface area contributed by atoms with Crippen molar-refractivity contribution in [1.82, 2.24) is 0 Å². The lowest BCUT2D eigenvalue weighted by atomic mass is 9.76. The fourth-order valence-electron chi connectivity index (χ4n) is 9.79. The van der Waals surface area contributed by atoms with E-state index in [-0.39, 0.29) is 0 Å². The lowest BCUT2D eigenvalue weighted by Crippen LogP contribution is -2.10. The van der Waals surface area contributed by atoms with Gasteiger partial charge in [-0.05, 0) is 153 Å². The Hall–Kier alpha value is -5.93. The van der Waals surface area contributed by atoms with Crippen molar-refractivity contribution in [1.29, 1.82) is 0 Å². The number of benzene rings is 8. The van der Waals surface area contributed by atoms with Gasteiger partial charge >= 0.3 is 7.82 Å². The SMILES string of the molecule is O=P1(O)Oc2c(-c3ccccc3-c3ccc4ccccc4c3)cc3c(c2-c2c4c(cc(-c5ccccc5-c5ccc6ccccc6c5)c2O1)CCCC4)CCCC3. The van der Waals surface area contributed by atoms with Crippen molar-refractivity contribution in [2.45, 2.75) is 51.4 Å². The van der Waals surface area contributed by atoms with E-state index in [9.17, 15) is 9.46 Å². The predicted molar refractivity (Wildman–Crippen MR) is 233 cm³/mol. The van der Waals surface area contributed by atoms with Gasteiger partial charge in [0.05, 0.1) is 0 Å². The molecule has 3 aliphatic rings. The van der Waals surface area contributed by atoms with Crippen molar-refractivity contribution in [3.63, 3.8) is 0 Å². The number of hydrogen-bond donors (Lipinski definition) is 1. The van der Waals surface area contributed by atoms with Gasteiger partial charge in [0.15, 0.2) is 0 Å². The van der Waals surface area contributed by atoms with Crippen LogP contribution in [-0.4, -0.2) is 4.89 Å². The van der Waals surface area contributed by atoms with Crippen LogP contribution >= 0.6 is 7.82 Å². The summed E-state index contributed by atoms with van der Waals surface area (Å²) in [5.74, 6) is 0.891. The molecule has 0 aromatic heterocycles. The molecule has 0 unspecified atom stereocenters. The molecule has 0 atom stereocenters. The molecule has 8 aromatic carbocycles. The number of aryl methyl sites for hydroxylation is 2. The van der Waals surface area contributed by atoms with Gasteiger partial charge in [0.1, 0.15) is 11.5 Å². The Labute approximate surface area is 333 Å². The van der Waals surface area contributed by atoms with E-state index in [2.05, 4.69) is 146 Å². The first kappa shape index (κ1) is 34.3. The van der Waals surface area contributed by atoms with Gasteiger partial charge in [0.25, 0.3) is 0 Å². The van der Waals surface area contributed by atoms with Crippen LogP contribution in [0, 0.1) is 0 Å². The number of hydrogen-bond acceptors (Lipinski definition) is 3. The Balaban J connectivity index is 1.20. The van der Waals surface area contributed by atoms with Crippen LogP contribution in [-0.2, 0) is 30.2 Å². The predicted octanol–water partition coefficient (Wildman–Crippen LogP) is 14.0. The van der Waals surface area contributed by atoms with E-state index in [0.717, 1.165) is 118 Å². The second-order valence-electron chi connectivity index (χ2n) is 15.8. The monoisotopic (exact) mass is 760 g/mol. The third-order valence-electron chi connectivity index (χ3n) is 12.4. The van der Waals surface area contributed by atoms with Crippen LogP contribution in [0.2, 0.25) is 0 Å². The fraction of sp³-hybridized carbons (Fsp3) is 0.154. The molecule has 0 amide bonds. The van der Waals surface area contributed by atoms with Crippen LogP contribution in [0.1, 0.15) is 47.9 Å². The average molecular weight is 761 g/mol. The topological polar surface area (TPSA) is 55.8 Å². The molecular formula is C52H41O4P. The molecule has 11 rings (SSSR count). The summed E-state index contributed by atoms with van der Waals surface area (Å²) in [5.41, 5.74) is 14.7. The standard InChI is InChI=1S/C52H41O4P/c53-57(54)55-51-47(45-23-11-9-19-41(45)39-27-25-33-13-1-3-15-35(33)29-39)31-37-17-5-7-21-43(37)49(51)50-44-22-8-6-18-38(44)32-48(52(50)56-57)46-24-12-10-20-42(46)40-28-26-34-14-2-4-16-36(34)30-40/h1-4,9-16,19-20,23-32H,5-8,17-18,21-22H2,(H,53,54). The molecule has 1 aliphatic heterocycles. The van der Waals surface area contributed by atoms with Crippen molar-refractivity contribution in [3.8, 4) is 67.1 Å². The van der Waals surface area contributed by atoms with Gasteiger partial charge < -0.3 is 9.05 Å². The maximum absolute atomic E-state index is 14.6. The summed E-state index contributed by atoms with van der Waals surface area (Å²) < 4.78 is 27.5. The van der Waals surface area contributed by atoms with Crippen molar-refractivity contribution >= 4 is 29.4 Å². The van der Waals surface area contributed by atoms with Crippen LogP contribution in [0.4, 0.5) is 0 Å². The summed E-state index contributed by atoms with van der Waals surface area (Å²) in [7, 11) is -4.70. The summed E-state index contributed by atoms with van der Waals surface area (Å²) >= 11 is 0. The van der Waals surface area contributed by atoms with Crippen molar-refractivity contribution in [2.24, 2.45) is 0 Å². The summed E-state index contributed by atoms with van der Waals surface area (Å²) in [6.07, 6.45) is 7.90. The van der Waals surface area contributed by atoms with E-state index >= 15 is 0 Å². The van der Waals surface area contributed by atoms with Gasteiger partial charge in [-0.25, -0.2) is 4.57 Å². The van der Waals surface area contributed by atoms with Crippen LogP contribution in [0.25, 0.3) is 77.2 Å². The van der Waals surface area contributed by atoms with Crippen molar-refractivity contribution in [3.05, 3.63) is 168 Å². The van der Waals surface area contributed by atoms with Gasteiger partial charge in [-0.15, -0.1) is 0 Å². The van der Waals surface area contributed by atoms with E-state index in [1.54, 1.807) is 0 Å². The van der Waals surface area contributed by atoms with Gasteiger partial charge in [-0.3, -0.25) is 4.89 Å². The minimum Gasteiger partial charge on any atom is -0.394 e. The summed E-state index contributed by atoms with van der Waals surface area (Å²) in [4.78, 5) is 11.9. The molecule has 8 aromatic rings. The summed E-state index contributed by atoms with van der Waals surface area (Å²) in [6, 6.07) is 51.2. The Bertz CT molecular complexity index is 2780. The van der Waals surface area contributed by atoms with Crippen molar-refractivity contribution < 1.29 is 18.5 Å². The minimum absolute atomic E-state index is 0.446. The minimum atomic E-state index is -4.70. The second kappa shape index (κ2) is 13.6. The van der Waals surface area contributed by atoms with Crippen LogP contribution in [0.5, 0.6) is 11.5 Å². The normalized spacial score (nSPS) is 15.4. The maximum atomic E-state index is 14.6. The molecule has 57 heavy (non-hydrogen) atoms. The Morgan fingerprint density at radius 2 is 0.789 bits per heavy atom. The first-order valence-electron chi connectivity index (χ1n) is 20.3. The van der Waals surface area contributed by atoms with E-state index in [1.165, 1.54) is 33.0 Å². The largest absolute Gasteiger partial charge is 0.584 e. The molecule has 5 heteroatoms. The van der Waals surface area contributed by atoms with Crippen LogP contribution in [0.3, 0.4) is 0 Å². The van der Waals surface area contributed by atoms with E-state index < -0.39 is 7.82 Å². The number of phosphoric acid groups is 1. The Morgan fingerprint density at radius 1 is 0.404 bits per heavy atom. The molecule has 0 radical (unpaired) electrons. The smallest absolute Gasteiger partial charge is 0.394 e. The summed E-state index contributed by atoms with van der Waals surface area (Å²) in [5, 5.41) is 4.69. The first-order valence-corrected chi connectivity index (χ1v) is 21.8. The van der Waals surface area contributed by atoms with E-state index in [1.807, 2.05) is 0 Å². The fourth-order valence-corrected chi connectivity index (χ4v) is 10.7. The Morgan fingerprint density at radius 3 is 1.25 bits per heavy atom. The molecule has 0 fully saturated rings.